The molecule has 1 rings (SSSR count). The van der Waals surface area contributed by atoms with E-state index in [9.17, 15) is 21.6 Å². The molecule has 0 aliphatic heterocycles. The number of nitrogens with zero attached hydrogens (tertiary/aromatic N) is 1. The van der Waals surface area contributed by atoms with Crippen LogP contribution < -0.4 is 4.18 Å². The minimum absolute atomic E-state index is 0.00243. The fraction of sp³-hybridized carbons (Fsp3) is 0.400. The maximum Gasteiger partial charge on any atom is 0.534 e. The summed E-state index contributed by atoms with van der Waals surface area (Å²) >= 11 is 0. The predicted molar refractivity (Wildman–Crippen MR) is 36.8 cm³/mol. The molecule has 0 spiro atoms. The molecule has 0 unspecified atom stereocenters. The highest BCUT2D eigenvalue weighted by molar-refractivity contribution is 7.87. The van der Waals surface area contributed by atoms with Crippen LogP contribution in [0, 0.1) is 6.92 Å². The Balaban J connectivity index is 2.90. The van der Waals surface area contributed by atoms with Crippen LogP contribution in [-0.2, 0) is 10.1 Å². The first-order valence-corrected chi connectivity index (χ1v) is 4.56. The minimum Gasteiger partial charge on any atom is -0.445 e. The number of aromatic nitrogens is 1. The maximum atomic E-state index is 11.8. The molecular formula is C5H4F3NO4S. The van der Waals surface area contributed by atoms with Gasteiger partial charge in [-0.05, 0) is 0 Å². The molecule has 14 heavy (non-hydrogen) atoms. The summed E-state index contributed by atoms with van der Waals surface area (Å²) in [5.41, 5.74) is -5.47. The predicted octanol–water partition coefficient (Wildman–Crippen LogP) is 1.21. The Labute approximate surface area is 76.6 Å². The maximum absolute atomic E-state index is 11.8. The lowest BCUT2D eigenvalue weighted by atomic mass is 10.8. The Morgan fingerprint density at radius 3 is 2.43 bits per heavy atom. The summed E-state index contributed by atoms with van der Waals surface area (Å²) in [6, 6.07) is 0. The molecule has 0 N–H and O–H groups in total. The highest BCUT2D eigenvalue weighted by Gasteiger charge is 2.49. The number of alkyl halides is 3. The van der Waals surface area contributed by atoms with Crippen molar-refractivity contribution in [2.24, 2.45) is 0 Å². The van der Waals surface area contributed by atoms with E-state index >= 15 is 0 Å². The van der Waals surface area contributed by atoms with Crippen molar-refractivity contribution in [3.63, 3.8) is 0 Å². The second kappa shape index (κ2) is 3.15. The standard InChI is InChI=1S/C5H4F3NO4S/c1-3-9-4(2-12-3)13-14(10,11)5(6,7)8/h2H,1H3. The summed E-state index contributed by atoms with van der Waals surface area (Å²) in [6.45, 7) is 1.33. The smallest absolute Gasteiger partial charge is 0.445 e. The van der Waals surface area contributed by atoms with Crippen LogP contribution >= 0.6 is 0 Å². The summed E-state index contributed by atoms with van der Waals surface area (Å²) < 4.78 is 64.2. The van der Waals surface area contributed by atoms with Crippen molar-refractivity contribution in [2.75, 3.05) is 0 Å². The van der Waals surface area contributed by atoms with Crippen LogP contribution in [0.25, 0.3) is 0 Å². The van der Waals surface area contributed by atoms with Gasteiger partial charge in [0.1, 0.15) is 0 Å². The van der Waals surface area contributed by atoms with E-state index in [1.54, 1.807) is 0 Å². The van der Waals surface area contributed by atoms with Crippen LogP contribution in [0.15, 0.2) is 10.7 Å². The van der Waals surface area contributed by atoms with Gasteiger partial charge in [-0.2, -0.15) is 26.6 Å². The van der Waals surface area contributed by atoms with Crippen LogP contribution in [0.1, 0.15) is 5.89 Å². The van der Waals surface area contributed by atoms with E-state index in [2.05, 4.69) is 13.6 Å². The highest BCUT2D eigenvalue weighted by atomic mass is 32.2. The molecule has 0 saturated carbocycles. The molecule has 1 aromatic heterocycles. The third-order valence-corrected chi connectivity index (χ3v) is 2.03. The molecule has 1 aromatic rings. The Bertz CT molecular complexity index is 420. The number of hydrogen-bond donors (Lipinski definition) is 0. The summed E-state index contributed by atoms with van der Waals surface area (Å²) in [6.07, 6.45) is 0.665. The van der Waals surface area contributed by atoms with Gasteiger partial charge < -0.3 is 8.60 Å². The van der Waals surface area contributed by atoms with Crippen molar-refractivity contribution in [3.05, 3.63) is 12.2 Å². The molecule has 0 atom stereocenters. The van der Waals surface area contributed by atoms with E-state index in [1.165, 1.54) is 6.92 Å². The zero-order valence-corrected chi connectivity index (χ0v) is 7.52. The minimum atomic E-state index is -5.66. The van der Waals surface area contributed by atoms with E-state index in [0.717, 1.165) is 0 Å². The number of rotatable bonds is 2. The Morgan fingerprint density at radius 2 is 2.07 bits per heavy atom. The molecule has 0 aliphatic rings. The van der Waals surface area contributed by atoms with Gasteiger partial charge in [-0.15, -0.1) is 0 Å². The van der Waals surface area contributed by atoms with Crippen molar-refractivity contribution < 1.29 is 30.2 Å². The molecule has 80 valence electrons. The van der Waals surface area contributed by atoms with Crippen LogP contribution in [0.2, 0.25) is 0 Å². The lowest BCUT2D eigenvalue weighted by molar-refractivity contribution is -0.0501. The lowest BCUT2D eigenvalue weighted by Gasteiger charge is -2.05. The quantitative estimate of drug-likeness (QED) is 0.565. The van der Waals surface area contributed by atoms with Gasteiger partial charge in [0, 0.05) is 6.92 Å². The van der Waals surface area contributed by atoms with Crippen LogP contribution in [0.3, 0.4) is 0 Å². The summed E-state index contributed by atoms with van der Waals surface area (Å²) in [7, 11) is -5.66. The molecule has 0 aliphatic carbocycles. The summed E-state index contributed by atoms with van der Waals surface area (Å²) in [5, 5.41) is 0. The zero-order valence-electron chi connectivity index (χ0n) is 6.70. The van der Waals surface area contributed by atoms with Gasteiger partial charge in [-0.25, -0.2) is 0 Å². The van der Waals surface area contributed by atoms with E-state index in [0.29, 0.717) is 6.26 Å². The molecule has 9 heteroatoms. The van der Waals surface area contributed by atoms with Gasteiger partial charge in [0.2, 0.25) is 0 Å². The Morgan fingerprint density at radius 1 is 1.50 bits per heavy atom. The second-order valence-electron chi connectivity index (χ2n) is 2.19. The normalized spacial score (nSPS) is 12.9. The monoisotopic (exact) mass is 231 g/mol. The lowest BCUT2D eigenvalue weighted by Crippen LogP contribution is -2.28. The molecule has 0 aromatic carbocycles. The highest BCUT2D eigenvalue weighted by Crippen LogP contribution is 2.26. The van der Waals surface area contributed by atoms with Gasteiger partial charge in [0.05, 0.1) is 0 Å². The zero-order chi connectivity index (χ0) is 11.0. The number of aryl methyl sites for hydroxylation is 1. The van der Waals surface area contributed by atoms with Crippen molar-refractivity contribution >= 4 is 10.1 Å². The first-order chi connectivity index (χ1) is 6.22. The third kappa shape index (κ3) is 2.16. The van der Waals surface area contributed by atoms with Gasteiger partial charge in [0.15, 0.2) is 12.2 Å². The van der Waals surface area contributed by atoms with Gasteiger partial charge in [-0.1, -0.05) is 0 Å². The second-order valence-corrected chi connectivity index (χ2v) is 3.73. The molecule has 0 amide bonds. The first-order valence-electron chi connectivity index (χ1n) is 3.15. The van der Waals surface area contributed by atoms with Crippen LogP contribution in [-0.4, -0.2) is 18.9 Å². The van der Waals surface area contributed by atoms with Crippen molar-refractivity contribution in [3.8, 4) is 5.88 Å². The number of halogens is 3. The van der Waals surface area contributed by atoms with Gasteiger partial charge in [-0.3, -0.25) is 0 Å². The molecular weight excluding hydrogens is 227 g/mol. The van der Waals surface area contributed by atoms with Crippen molar-refractivity contribution in [1.82, 2.24) is 4.98 Å². The number of hydrogen-bond acceptors (Lipinski definition) is 5. The van der Waals surface area contributed by atoms with E-state index in [1.807, 2.05) is 0 Å². The molecule has 0 bridgehead atoms. The molecule has 0 saturated heterocycles. The van der Waals surface area contributed by atoms with E-state index in [-0.39, 0.29) is 5.89 Å². The summed E-state index contributed by atoms with van der Waals surface area (Å²) in [4.78, 5) is 3.24. The van der Waals surface area contributed by atoms with Crippen molar-refractivity contribution in [1.29, 1.82) is 0 Å². The topological polar surface area (TPSA) is 69.4 Å². The van der Waals surface area contributed by atoms with Gasteiger partial charge >= 0.3 is 15.6 Å². The average Bonchev–Trinajstić information content (AvgIpc) is 2.31. The van der Waals surface area contributed by atoms with E-state index in [4.69, 9.17) is 0 Å². The third-order valence-electron chi connectivity index (χ3n) is 1.08. The Kier molecular flexibility index (Phi) is 2.44. The first kappa shape index (κ1) is 10.8. The fourth-order valence-electron chi connectivity index (χ4n) is 0.541. The van der Waals surface area contributed by atoms with E-state index < -0.39 is 21.5 Å². The molecule has 0 radical (unpaired) electrons. The molecule has 5 nitrogen and oxygen atoms in total. The molecule has 0 fully saturated rings. The van der Waals surface area contributed by atoms with Crippen LogP contribution in [0.4, 0.5) is 13.2 Å². The average molecular weight is 231 g/mol. The SMILES string of the molecule is Cc1nc(OS(=O)(=O)C(F)(F)F)co1. The Hall–Kier alpha value is -1.25. The molecule has 1 heterocycles. The number of oxazole rings is 1. The van der Waals surface area contributed by atoms with Crippen LogP contribution in [0.5, 0.6) is 5.88 Å². The van der Waals surface area contributed by atoms with Crippen molar-refractivity contribution in [2.45, 2.75) is 12.4 Å². The van der Waals surface area contributed by atoms with Gasteiger partial charge in [0.25, 0.3) is 5.88 Å². The summed E-state index contributed by atoms with van der Waals surface area (Å²) in [5.74, 6) is -0.753. The largest absolute Gasteiger partial charge is 0.534 e. The fourth-order valence-corrected chi connectivity index (χ4v) is 0.937.